The number of aromatic nitrogens is 1. The SMILES string of the molecule is COC(=O)C(c1cc2ccccc2[nH]1)c1cccs1. The van der Waals surface area contributed by atoms with Crippen molar-refractivity contribution in [1.82, 2.24) is 4.98 Å². The molecule has 0 bridgehead atoms. The van der Waals surface area contributed by atoms with Gasteiger partial charge in [-0.3, -0.25) is 4.79 Å². The van der Waals surface area contributed by atoms with Crippen molar-refractivity contribution in [2.45, 2.75) is 5.92 Å². The minimum atomic E-state index is -0.377. The van der Waals surface area contributed by atoms with Gasteiger partial charge in [0.1, 0.15) is 5.92 Å². The van der Waals surface area contributed by atoms with Crippen molar-refractivity contribution in [3.8, 4) is 0 Å². The van der Waals surface area contributed by atoms with E-state index >= 15 is 0 Å². The largest absolute Gasteiger partial charge is 0.468 e. The summed E-state index contributed by atoms with van der Waals surface area (Å²) < 4.78 is 4.93. The van der Waals surface area contributed by atoms with Gasteiger partial charge in [0.15, 0.2) is 0 Å². The molecule has 0 aliphatic carbocycles. The number of rotatable bonds is 3. The molecule has 0 radical (unpaired) electrons. The molecule has 2 aromatic heterocycles. The van der Waals surface area contributed by atoms with Crippen LogP contribution >= 0.6 is 11.3 Å². The van der Waals surface area contributed by atoms with Crippen molar-refractivity contribution in [3.63, 3.8) is 0 Å². The van der Waals surface area contributed by atoms with Crippen LogP contribution in [0, 0.1) is 0 Å². The molecule has 96 valence electrons. The van der Waals surface area contributed by atoms with Crippen molar-refractivity contribution >= 4 is 28.2 Å². The molecular weight excluding hydrogens is 258 g/mol. The highest BCUT2D eigenvalue weighted by Crippen LogP contribution is 2.31. The maximum absolute atomic E-state index is 12.1. The van der Waals surface area contributed by atoms with E-state index in [-0.39, 0.29) is 11.9 Å². The molecule has 0 aliphatic heterocycles. The number of carbonyl (C=O) groups is 1. The van der Waals surface area contributed by atoms with Gasteiger partial charge in [-0.25, -0.2) is 0 Å². The van der Waals surface area contributed by atoms with Crippen LogP contribution in [0.5, 0.6) is 0 Å². The maximum atomic E-state index is 12.1. The van der Waals surface area contributed by atoms with E-state index in [2.05, 4.69) is 4.98 Å². The number of hydrogen-bond donors (Lipinski definition) is 1. The van der Waals surface area contributed by atoms with Crippen LogP contribution in [0.2, 0.25) is 0 Å². The maximum Gasteiger partial charge on any atom is 0.320 e. The van der Waals surface area contributed by atoms with Gasteiger partial charge in [-0.15, -0.1) is 11.3 Å². The van der Waals surface area contributed by atoms with Crippen LogP contribution in [0.4, 0.5) is 0 Å². The number of nitrogens with one attached hydrogen (secondary N) is 1. The molecule has 0 aliphatic rings. The lowest BCUT2D eigenvalue weighted by Crippen LogP contribution is -2.14. The molecule has 1 atom stereocenters. The predicted molar refractivity (Wildman–Crippen MR) is 76.5 cm³/mol. The number of H-pyrrole nitrogens is 1. The van der Waals surface area contributed by atoms with Crippen molar-refractivity contribution < 1.29 is 9.53 Å². The van der Waals surface area contributed by atoms with Crippen molar-refractivity contribution in [2.24, 2.45) is 0 Å². The van der Waals surface area contributed by atoms with E-state index < -0.39 is 0 Å². The summed E-state index contributed by atoms with van der Waals surface area (Å²) in [6.07, 6.45) is 0. The zero-order valence-corrected chi connectivity index (χ0v) is 11.2. The summed E-state index contributed by atoms with van der Waals surface area (Å²) in [7, 11) is 1.42. The summed E-state index contributed by atoms with van der Waals surface area (Å²) in [5.74, 6) is -0.619. The van der Waals surface area contributed by atoms with E-state index in [1.54, 1.807) is 11.3 Å². The smallest absolute Gasteiger partial charge is 0.320 e. The van der Waals surface area contributed by atoms with Crippen LogP contribution in [0.1, 0.15) is 16.5 Å². The van der Waals surface area contributed by atoms with Crippen LogP contribution in [0.25, 0.3) is 10.9 Å². The lowest BCUT2D eigenvalue weighted by atomic mass is 10.0. The van der Waals surface area contributed by atoms with Gasteiger partial charge in [0.25, 0.3) is 0 Å². The number of para-hydroxylation sites is 1. The quantitative estimate of drug-likeness (QED) is 0.740. The van der Waals surface area contributed by atoms with Gasteiger partial charge >= 0.3 is 5.97 Å². The first-order chi connectivity index (χ1) is 9.29. The zero-order valence-electron chi connectivity index (χ0n) is 10.4. The highest BCUT2D eigenvalue weighted by Gasteiger charge is 2.26. The fourth-order valence-corrected chi connectivity index (χ4v) is 3.05. The Morgan fingerprint density at radius 3 is 2.79 bits per heavy atom. The monoisotopic (exact) mass is 271 g/mol. The number of carbonyl (C=O) groups excluding carboxylic acids is 1. The average Bonchev–Trinajstić information content (AvgIpc) is 3.07. The Balaban J connectivity index is 2.11. The Morgan fingerprint density at radius 2 is 2.11 bits per heavy atom. The zero-order chi connectivity index (χ0) is 13.2. The van der Waals surface area contributed by atoms with Crippen LogP contribution in [0.15, 0.2) is 47.8 Å². The van der Waals surface area contributed by atoms with Gasteiger partial charge in [0.2, 0.25) is 0 Å². The summed E-state index contributed by atoms with van der Waals surface area (Å²) in [4.78, 5) is 16.3. The fraction of sp³-hybridized carbons (Fsp3) is 0.133. The molecule has 1 N–H and O–H groups in total. The first-order valence-corrected chi connectivity index (χ1v) is 6.86. The molecule has 0 saturated carbocycles. The summed E-state index contributed by atoms with van der Waals surface area (Å²) in [5.41, 5.74) is 1.90. The summed E-state index contributed by atoms with van der Waals surface area (Å²) >= 11 is 1.56. The van der Waals surface area contributed by atoms with Gasteiger partial charge in [0, 0.05) is 16.1 Å². The summed E-state index contributed by atoms with van der Waals surface area (Å²) in [6.45, 7) is 0. The molecule has 0 spiro atoms. The van der Waals surface area contributed by atoms with Gasteiger partial charge < -0.3 is 9.72 Å². The van der Waals surface area contributed by atoms with Gasteiger partial charge in [0.05, 0.1) is 7.11 Å². The van der Waals surface area contributed by atoms with Crippen molar-refractivity contribution in [1.29, 1.82) is 0 Å². The number of benzene rings is 1. The highest BCUT2D eigenvalue weighted by molar-refractivity contribution is 7.10. The predicted octanol–water partition coefficient (Wildman–Crippen LogP) is 3.53. The molecule has 19 heavy (non-hydrogen) atoms. The molecule has 3 aromatic rings. The Labute approximate surface area is 114 Å². The highest BCUT2D eigenvalue weighted by atomic mass is 32.1. The Morgan fingerprint density at radius 1 is 1.26 bits per heavy atom. The normalized spacial score (nSPS) is 12.5. The molecule has 2 heterocycles. The van der Waals surface area contributed by atoms with E-state index in [0.29, 0.717) is 0 Å². The number of hydrogen-bond acceptors (Lipinski definition) is 3. The minimum absolute atomic E-state index is 0.242. The first-order valence-electron chi connectivity index (χ1n) is 5.98. The van der Waals surface area contributed by atoms with E-state index in [0.717, 1.165) is 21.5 Å². The molecule has 3 rings (SSSR count). The number of thiophene rings is 1. The second-order valence-electron chi connectivity index (χ2n) is 4.28. The third kappa shape index (κ3) is 2.15. The second-order valence-corrected chi connectivity index (χ2v) is 5.26. The fourth-order valence-electron chi connectivity index (χ4n) is 2.22. The van der Waals surface area contributed by atoms with Gasteiger partial charge in [-0.1, -0.05) is 24.3 Å². The lowest BCUT2D eigenvalue weighted by molar-refractivity contribution is -0.141. The van der Waals surface area contributed by atoms with E-state index in [4.69, 9.17) is 4.74 Å². The average molecular weight is 271 g/mol. The Kier molecular flexibility index (Phi) is 3.09. The van der Waals surface area contributed by atoms with E-state index in [9.17, 15) is 4.79 Å². The summed E-state index contributed by atoms with van der Waals surface area (Å²) in [5, 5.41) is 3.07. The molecule has 0 saturated heterocycles. The van der Waals surface area contributed by atoms with Gasteiger partial charge in [-0.05, 0) is 29.0 Å². The van der Waals surface area contributed by atoms with Crippen molar-refractivity contribution in [2.75, 3.05) is 7.11 Å². The van der Waals surface area contributed by atoms with Crippen LogP contribution in [0.3, 0.4) is 0 Å². The Hall–Kier alpha value is -2.07. The standard InChI is InChI=1S/C15H13NO2S/c1-18-15(17)14(13-7-4-8-19-13)12-9-10-5-2-3-6-11(10)16-12/h2-9,14,16H,1H3. The van der Waals surface area contributed by atoms with Crippen LogP contribution < -0.4 is 0 Å². The second kappa shape index (κ2) is 4.90. The molecule has 1 unspecified atom stereocenters. The van der Waals surface area contributed by atoms with E-state index in [1.165, 1.54) is 7.11 Å². The van der Waals surface area contributed by atoms with Crippen LogP contribution in [-0.2, 0) is 9.53 Å². The lowest BCUT2D eigenvalue weighted by Gasteiger charge is -2.11. The van der Waals surface area contributed by atoms with Crippen LogP contribution in [-0.4, -0.2) is 18.1 Å². The molecule has 0 amide bonds. The minimum Gasteiger partial charge on any atom is -0.468 e. The third-order valence-electron chi connectivity index (χ3n) is 3.13. The number of esters is 1. The number of ether oxygens (including phenoxy) is 1. The third-order valence-corrected chi connectivity index (χ3v) is 4.06. The van der Waals surface area contributed by atoms with Gasteiger partial charge in [-0.2, -0.15) is 0 Å². The molecule has 4 heteroatoms. The van der Waals surface area contributed by atoms with E-state index in [1.807, 2.05) is 47.8 Å². The Bertz CT molecular complexity index is 667. The number of fused-ring (bicyclic) bond motifs is 1. The molecule has 0 fully saturated rings. The molecule has 1 aromatic carbocycles. The topological polar surface area (TPSA) is 42.1 Å². The number of aromatic amines is 1. The molecule has 3 nitrogen and oxygen atoms in total. The molecular formula is C15H13NO2S. The first kappa shape index (κ1) is 12.0. The summed E-state index contributed by atoms with van der Waals surface area (Å²) in [6, 6.07) is 13.9. The van der Waals surface area contributed by atoms with Crippen molar-refractivity contribution in [3.05, 3.63) is 58.4 Å². The number of methoxy groups -OCH3 is 1.